The van der Waals surface area contributed by atoms with E-state index in [-0.39, 0.29) is 16.8 Å². The molecule has 2 heterocycles. The monoisotopic (exact) mass is 301 g/mol. The molecule has 1 fully saturated rings. The number of likely N-dealkylation sites (N-methyl/N-ethyl adjacent to an activating group) is 1. The molecule has 1 saturated heterocycles. The lowest BCUT2D eigenvalue weighted by molar-refractivity contribution is 0.190. The molecule has 114 valence electrons. The maximum absolute atomic E-state index is 12.8. The summed E-state index contributed by atoms with van der Waals surface area (Å²) in [6.07, 6.45) is 1.88. The molecule has 0 radical (unpaired) electrons. The number of hydrogen-bond acceptors (Lipinski definition) is 5. The molecule has 1 aromatic heterocycles. The average Bonchev–Trinajstić information content (AvgIpc) is 2.63. The van der Waals surface area contributed by atoms with Crippen molar-refractivity contribution in [2.75, 3.05) is 32.9 Å². The number of hydrogen-bond donors (Lipinski definition) is 1. The van der Waals surface area contributed by atoms with Gasteiger partial charge in [-0.2, -0.15) is 9.40 Å². The van der Waals surface area contributed by atoms with Crippen LogP contribution in [0.25, 0.3) is 0 Å². The van der Waals surface area contributed by atoms with E-state index in [9.17, 15) is 8.42 Å². The predicted molar refractivity (Wildman–Crippen MR) is 77.8 cm³/mol. The number of rotatable bonds is 3. The fraction of sp³-hybridized carbons (Fsp3) is 0.750. The van der Waals surface area contributed by atoms with Crippen molar-refractivity contribution in [3.05, 3.63) is 5.69 Å². The number of nitrogens with zero attached hydrogens (tertiary/aromatic N) is 4. The molecule has 8 heteroatoms. The zero-order chi connectivity index (χ0) is 15.1. The molecule has 1 aliphatic rings. The second kappa shape index (κ2) is 5.34. The van der Waals surface area contributed by atoms with Crippen molar-refractivity contribution in [3.63, 3.8) is 0 Å². The van der Waals surface area contributed by atoms with Crippen molar-refractivity contribution in [3.8, 4) is 0 Å². The standard InChI is InChI=1S/C12H23N5O2S/c1-9-11(12(13)14-16(9)4)20(18,19)17-7-5-6-10(8-17)15(2)3/h10H,5-8H2,1-4H3,(H2,13,14). The van der Waals surface area contributed by atoms with E-state index in [1.54, 1.807) is 14.0 Å². The van der Waals surface area contributed by atoms with Crippen LogP contribution >= 0.6 is 0 Å². The number of aromatic nitrogens is 2. The molecule has 1 aromatic rings. The third-order valence-electron chi connectivity index (χ3n) is 3.99. The first kappa shape index (κ1) is 15.3. The molecular formula is C12H23N5O2S. The summed E-state index contributed by atoms with van der Waals surface area (Å²) < 4.78 is 28.6. The molecule has 20 heavy (non-hydrogen) atoms. The van der Waals surface area contributed by atoms with Gasteiger partial charge >= 0.3 is 0 Å². The van der Waals surface area contributed by atoms with Gasteiger partial charge in [-0.15, -0.1) is 0 Å². The molecule has 0 spiro atoms. The highest BCUT2D eigenvalue weighted by Gasteiger charge is 2.34. The second-order valence-electron chi connectivity index (χ2n) is 5.55. The molecule has 1 atom stereocenters. The van der Waals surface area contributed by atoms with Gasteiger partial charge in [-0.3, -0.25) is 4.68 Å². The highest BCUT2D eigenvalue weighted by molar-refractivity contribution is 7.89. The Hall–Kier alpha value is -1.12. The van der Waals surface area contributed by atoms with Crippen molar-refractivity contribution in [2.24, 2.45) is 7.05 Å². The minimum atomic E-state index is -3.57. The smallest absolute Gasteiger partial charge is 0.248 e. The Balaban J connectivity index is 2.35. The Morgan fingerprint density at radius 1 is 1.40 bits per heavy atom. The van der Waals surface area contributed by atoms with Crippen LogP contribution in [0.1, 0.15) is 18.5 Å². The Morgan fingerprint density at radius 3 is 2.55 bits per heavy atom. The Bertz CT molecular complexity index is 593. The summed E-state index contributed by atoms with van der Waals surface area (Å²) >= 11 is 0. The molecule has 2 rings (SSSR count). The molecule has 0 aliphatic carbocycles. The van der Waals surface area contributed by atoms with Gasteiger partial charge in [-0.25, -0.2) is 8.42 Å². The summed E-state index contributed by atoms with van der Waals surface area (Å²) in [5, 5.41) is 4.00. The van der Waals surface area contributed by atoms with Crippen LogP contribution < -0.4 is 5.73 Å². The van der Waals surface area contributed by atoms with E-state index >= 15 is 0 Å². The zero-order valence-electron chi connectivity index (χ0n) is 12.5. The van der Waals surface area contributed by atoms with E-state index in [1.165, 1.54) is 8.99 Å². The van der Waals surface area contributed by atoms with Gasteiger partial charge < -0.3 is 10.6 Å². The van der Waals surface area contributed by atoms with Crippen LogP contribution in [-0.4, -0.2) is 60.6 Å². The summed E-state index contributed by atoms with van der Waals surface area (Å²) in [7, 11) is 2.08. The highest BCUT2D eigenvalue weighted by atomic mass is 32.2. The van der Waals surface area contributed by atoms with E-state index in [0.717, 1.165) is 12.8 Å². The van der Waals surface area contributed by atoms with E-state index in [2.05, 4.69) is 10.00 Å². The van der Waals surface area contributed by atoms with Crippen molar-refractivity contribution in [1.82, 2.24) is 19.0 Å². The topological polar surface area (TPSA) is 84.5 Å². The Labute approximate surface area is 120 Å². The van der Waals surface area contributed by atoms with Gasteiger partial charge in [-0.05, 0) is 33.9 Å². The number of aryl methyl sites for hydroxylation is 1. The first-order valence-electron chi connectivity index (χ1n) is 6.70. The maximum Gasteiger partial charge on any atom is 0.248 e. The molecule has 0 saturated carbocycles. The maximum atomic E-state index is 12.8. The molecule has 0 aromatic carbocycles. The number of anilines is 1. The quantitative estimate of drug-likeness (QED) is 0.851. The van der Waals surface area contributed by atoms with Gasteiger partial charge in [0.2, 0.25) is 10.0 Å². The van der Waals surface area contributed by atoms with Gasteiger partial charge in [0.1, 0.15) is 4.90 Å². The third kappa shape index (κ3) is 2.55. The highest BCUT2D eigenvalue weighted by Crippen LogP contribution is 2.28. The summed E-state index contributed by atoms with van der Waals surface area (Å²) in [4.78, 5) is 2.22. The second-order valence-corrected chi connectivity index (χ2v) is 7.42. The van der Waals surface area contributed by atoms with E-state index in [0.29, 0.717) is 18.8 Å². The molecular weight excluding hydrogens is 278 g/mol. The average molecular weight is 301 g/mol. The third-order valence-corrected chi connectivity index (χ3v) is 6.02. The van der Waals surface area contributed by atoms with Gasteiger partial charge in [0.15, 0.2) is 5.82 Å². The minimum Gasteiger partial charge on any atom is -0.381 e. The lowest BCUT2D eigenvalue weighted by atomic mass is 10.1. The van der Waals surface area contributed by atoms with Crippen LogP contribution in [0.3, 0.4) is 0 Å². The summed E-state index contributed by atoms with van der Waals surface area (Å²) in [6.45, 7) is 2.77. The number of piperidine rings is 1. The van der Waals surface area contributed by atoms with Crippen molar-refractivity contribution in [1.29, 1.82) is 0 Å². The fourth-order valence-electron chi connectivity index (χ4n) is 2.62. The minimum absolute atomic E-state index is 0.0805. The summed E-state index contributed by atoms with van der Waals surface area (Å²) in [5.74, 6) is 0.0805. The number of nitrogens with two attached hydrogens (primary N) is 1. The zero-order valence-corrected chi connectivity index (χ0v) is 13.3. The first-order chi connectivity index (χ1) is 9.25. The number of nitrogen functional groups attached to an aromatic ring is 1. The van der Waals surface area contributed by atoms with Gasteiger partial charge in [-0.1, -0.05) is 0 Å². The molecule has 2 N–H and O–H groups in total. The molecule has 1 aliphatic heterocycles. The first-order valence-corrected chi connectivity index (χ1v) is 8.14. The Kier molecular flexibility index (Phi) is 4.08. The predicted octanol–water partition coefficient (Wildman–Crippen LogP) is 0.0254. The lowest BCUT2D eigenvalue weighted by Gasteiger charge is -2.35. The van der Waals surface area contributed by atoms with Crippen LogP contribution in [-0.2, 0) is 17.1 Å². The van der Waals surface area contributed by atoms with Crippen LogP contribution in [0.5, 0.6) is 0 Å². The van der Waals surface area contributed by atoms with Gasteiger partial charge in [0, 0.05) is 26.2 Å². The normalized spacial score (nSPS) is 21.6. The Morgan fingerprint density at radius 2 is 2.05 bits per heavy atom. The molecule has 0 bridgehead atoms. The van der Waals surface area contributed by atoms with Gasteiger partial charge in [0.25, 0.3) is 0 Å². The van der Waals surface area contributed by atoms with Crippen LogP contribution in [0.15, 0.2) is 4.90 Å². The van der Waals surface area contributed by atoms with Crippen LogP contribution in [0.2, 0.25) is 0 Å². The van der Waals surface area contributed by atoms with Crippen LogP contribution in [0.4, 0.5) is 5.82 Å². The van der Waals surface area contributed by atoms with E-state index in [4.69, 9.17) is 5.73 Å². The SMILES string of the molecule is Cc1c(S(=O)(=O)N2CCCC(N(C)C)C2)c(N)nn1C. The summed E-state index contributed by atoms with van der Waals surface area (Å²) in [5.41, 5.74) is 6.36. The van der Waals surface area contributed by atoms with Crippen molar-refractivity contribution < 1.29 is 8.42 Å². The molecule has 7 nitrogen and oxygen atoms in total. The molecule has 0 amide bonds. The van der Waals surface area contributed by atoms with E-state index < -0.39 is 10.0 Å². The van der Waals surface area contributed by atoms with E-state index in [1.807, 2.05) is 14.1 Å². The van der Waals surface area contributed by atoms with Crippen LogP contribution in [0, 0.1) is 6.92 Å². The van der Waals surface area contributed by atoms with Crippen molar-refractivity contribution >= 4 is 15.8 Å². The van der Waals surface area contributed by atoms with Gasteiger partial charge in [0.05, 0.1) is 5.69 Å². The largest absolute Gasteiger partial charge is 0.381 e. The summed E-state index contributed by atoms with van der Waals surface area (Å²) in [6, 6.07) is 0.247. The number of sulfonamides is 1. The fourth-order valence-corrected chi connectivity index (χ4v) is 4.43. The van der Waals surface area contributed by atoms with Crippen molar-refractivity contribution in [2.45, 2.75) is 30.7 Å². The lowest BCUT2D eigenvalue weighted by Crippen LogP contribution is -2.47. The molecule has 1 unspecified atom stereocenters.